The maximum absolute atomic E-state index is 10.8. The van der Waals surface area contributed by atoms with E-state index < -0.39 is 0 Å². The monoisotopic (exact) mass is 220 g/mol. The lowest BCUT2D eigenvalue weighted by Crippen LogP contribution is -2.09. The van der Waals surface area contributed by atoms with E-state index in [4.69, 9.17) is 0 Å². The van der Waals surface area contributed by atoms with Gasteiger partial charge >= 0.3 is 5.97 Å². The van der Waals surface area contributed by atoms with Gasteiger partial charge in [0.1, 0.15) is 0 Å². The van der Waals surface area contributed by atoms with Gasteiger partial charge in [-0.2, -0.15) is 0 Å². The van der Waals surface area contributed by atoms with E-state index in [2.05, 4.69) is 22.0 Å². The zero-order chi connectivity index (χ0) is 11.8. The van der Waals surface area contributed by atoms with Gasteiger partial charge in [-0.05, 0) is 18.1 Å². The van der Waals surface area contributed by atoms with Crippen molar-refractivity contribution < 1.29 is 9.53 Å². The number of carbonyl (C=O) groups is 1. The molecular weight excluding hydrogens is 204 g/mol. The fourth-order valence-corrected chi connectivity index (χ4v) is 1.30. The van der Waals surface area contributed by atoms with Crippen LogP contribution < -0.4 is 5.32 Å². The molecule has 0 spiro atoms. The number of esters is 1. The minimum Gasteiger partial charge on any atom is -0.466 e. The molecule has 0 unspecified atom stereocenters. The minimum absolute atomic E-state index is 0.371. The summed E-state index contributed by atoms with van der Waals surface area (Å²) in [5, 5.41) is 3.00. The average molecular weight is 220 g/mol. The van der Waals surface area contributed by atoms with E-state index in [-0.39, 0.29) is 5.97 Å². The number of rotatable bonds is 5. The molecule has 0 saturated heterocycles. The van der Waals surface area contributed by atoms with Gasteiger partial charge in [-0.3, -0.25) is 4.98 Å². The first-order valence-electron chi connectivity index (χ1n) is 5.18. The molecule has 1 rings (SSSR count). The number of aromatic nitrogens is 1. The summed E-state index contributed by atoms with van der Waals surface area (Å²) < 4.78 is 4.47. The van der Waals surface area contributed by atoms with Crippen LogP contribution in [0.25, 0.3) is 0 Å². The van der Waals surface area contributed by atoms with Crippen LogP contribution in [-0.4, -0.2) is 18.1 Å². The van der Waals surface area contributed by atoms with Crippen LogP contribution in [0.15, 0.2) is 30.6 Å². The fourth-order valence-electron chi connectivity index (χ4n) is 1.30. The van der Waals surface area contributed by atoms with Crippen molar-refractivity contribution in [3.63, 3.8) is 0 Å². The van der Waals surface area contributed by atoms with Crippen LogP contribution in [0.4, 0.5) is 0 Å². The third-order valence-corrected chi connectivity index (χ3v) is 2.17. The Morgan fingerprint density at radius 1 is 1.62 bits per heavy atom. The maximum atomic E-state index is 10.8. The molecule has 0 fully saturated rings. The van der Waals surface area contributed by atoms with Gasteiger partial charge in [0, 0.05) is 18.5 Å². The molecule has 1 aromatic heterocycles. The first kappa shape index (κ1) is 12.2. The highest BCUT2D eigenvalue weighted by Gasteiger charge is 1.99. The van der Waals surface area contributed by atoms with Crippen molar-refractivity contribution in [3.05, 3.63) is 41.9 Å². The highest BCUT2D eigenvalue weighted by atomic mass is 16.5. The number of ether oxygens (including phenoxy) is 1. The summed E-state index contributed by atoms with van der Waals surface area (Å²) in [6, 6.07) is 3.97. The van der Waals surface area contributed by atoms with E-state index in [0.717, 1.165) is 12.1 Å². The zero-order valence-electron chi connectivity index (χ0n) is 9.56. The molecule has 1 heterocycles. The Labute approximate surface area is 95.3 Å². The standard InChI is InChI=1S/C12H16N2O2/c1-3-10-5-4-7-14-11(10)9-13-8-6-12(15)16-2/h4-8,13H,3,9H2,1-2H3/b8-6+. The molecular formula is C12H16N2O2. The Morgan fingerprint density at radius 3 is 3.12 bits per heavy atom. The van der Waals surface area contributed by atoms with E-state index in [1.165, 1.54) is 18.7 Å². The summed E-state index contributed by atoms with van der Waals surface area (Å²) in [7, 11) is 1.35. The topological polar surface area (TPSA) is 51.2 Å². The number of hydrogen-bond donors (Lipinski definition) is 1. The van der Waals surface area contributed by atoms with E-state index in [1.807, 2.05) is 12.1 Å². The summed E-state index contributed by atoms with van der Waals surface area (Å²) in [6.45, 7) is 2.70. The quantitative estimate of drug-likeness (QED) is 0.602. The van der Waals surface area contributed by atoms with Crippen LogP contribution in [-0.2, 0) is 22.5 Å². The predicted molar refractivity (Wildman–Crippen MR) is 61.6 cm³/mol. The van der Waals surface area contributed by atoms with Gasteiger partial charge in [0.05, 0.1) is 19.3 Å². The van der Waals surface area contributed by atoms with Crippen molar-refractivity contribution in [1.29, 1.82) is 0 Å². The Kier molecular flexibility index (Phi) is 5.05. The first-order valence-corrected chi connectivity index (χ1v) is 5.18. The lowest BCUT2D eigenvalue weighted by atomic mass is 10.1. The number of methoxy groups -OCH3 is 1. The second-order valence-corrected chi connectivity index (χ2v) is 3.20. The van der Waals surface area contributed by atoms with Crippen LogP contribution in [0.5, 0.6) is 0 Å². The second kappa shape index (κ2) is 6.61. The number of nitrogens with one attached hydrogen (secondary N) is 1. The van der Waals surface area contributed by atoms with Gasteiger partial charge < -0.3 is 10.1 Å². The smallest absolute Gasteiger partial charge is 0.331 e. The van der Waals surface area contributed by atoms with Crippen LogP contribution in [0.2, 0.25) is 0 Å². The van der Waals surface area contributed by atoms with Crippen molar-refractivity contribution in [2.45, 2.75) is 19.9 Å². The van der Waals surface area contributed by atoms with Crippen molar-refractivity contribution in [1.82, 2.24) is 10.3 Å². The second-order valence-electron chi connectivity index (χ2n) is 3.20. The van der Waals surface area contributed by atoms with Gasteiger partial charge in [0.25, 0.3) is 0 Å². The molecule has 0 aliphatic carbocycles. The molecule has 1 N–H and O–H groups in total. The summed E-state index contributed by atoms with van der Waals surface area (Å²) in [4.78, 5) is 15.1. The highest BCUT2D eigenvalue weighted by Crippen LogP contribution is 2.05. The van der Waals surface area contributed by atoms with Gasteiger partial charge in [-0.15, -0.1) is 0 Å². The van der Waals surface area contributed by atoms with E-state index in [0.29, 0.717) is 6.54 Å². The maximum Gasteiger partial charge on any atom is 0.331 e. The molecule has 0 saturated carbocycles. The molecule has 0 bridgehead atoms. The van der Waals surface area contributed by atoms with Gasteiger partial charge in [0.15, 0.2) is 0 Å². The first-order chi connectivity index (χ1) is 7.77. The summed E-state index contributed by atoms with van der Waals surface area (Å²) in [5.74, 6) is -0.371. The Bertz CT molecular complexity index is 375. The molecule has 0 aromatic carbocycles. The third kappa shape index (κ3) is 3.73. The van der Waals surface area contributed by atoms with Crippen molar-refractivity contribution in [2.75, 3.05) is 7.11 Å². The molecule has 0 aliphatic rings. The molecule has 0 atom stereocenters. The number of hydrogen-bond acceptors (Lipinski definition) is 4. The largest absolute Gasteiger partial charge is 0.466 e. The SMILES string of the molecule is CCc1cccnc1CN/C=C/C(=O)OC. The van der Waals surface area contributed by atoms with E-state index >= 15 is 0 Å². The number of pyridine rings is 1. The highest BCUT2D eigenvalue weighted by molar-refractivity contribution is 5.81. The molecule has 4 nitrogen and oxygen atoms in total. The lowest BCUT2D eigenvalue weighted by molar-refractivity contribution is -0.134. The van der Waals surface area contributed by atoms with Crippen molar-refractivity contribution in [2.24, 2.45) is 0 Å². The molecule has 4 heteroatoms. The average Bonchev–Trinajstić information content (AvgIpc) is 2.34. The predicted octanol–water partition coefficient (Wildman–Crippen LogP) is 1.42. The van der Waals surface area contributed by atoms with Crippen LogP contribution in [0.1, 0.15) is 18.2 Å². The molecule has 86 valence electrons. The Balaban J connectivity index is 2.48. The lowest BCUT2D eigenvalue weighted by Gasteiger charge is -2.05. The van der Waals surface area contributed by atoms with E-state index in [9.17, 15) is 4.79 Å². The fraction of sp³-hybridized carbons (Fsp3) is 0.333. The zero-order valence-corrected chi connectivity index (χ0v) is 9.56. The molecule has 0 aliphatic heterocycles. The molecule has 16 heavy (non-hydrogen) atoms. The molecule has 0 amide bonds. The van der Waals surface area contributed by atoms with Gasteiger partial charge in [-0.1, -0.05) is 13.0 Å². The van der Waals surface area contributed by atoms with Crippen molar-refractivity contribution >= 4 is 5.97 Å². The van der Waals surface area contributed by atoms with Gasteiger partial charge in [-0.25, -0.2) is 4.79 Å². The number of aryl methyl sites for hydroxylation is 1. The van der Waals surface area contributed by atoms with Crippen LogP contribution in [0, 0.1) is 0 Å². The minimum atomic E-state index is -0.371. The van der Waals surface area contributed by atoms with E-state index in [1.54, 1.807) is 12.4 Å². The third-order valence-electron chi connectivity index (χ3n) is 2.17. The summed E-state index contributed by atoms with van der Waals surface area (Å²) >= 11 is 0. The van der Waals surface area contributed by atoms with Gasteiger partial charge in [0.2, 0.25) is 0 Å². The molecule has 0 radical (unpaired) electrons. The van der Waals surface area contributed by atoms with Crippen LogP contribution in [0.3, 0.4) is 0 Å². The van der Waals surface area contributed by atoms with Crippen LogP contribution >= 0.6 is 0 Å². The summed E-state index contributed by atoms with van der Waals surface area (Å²) in [5.41, 5.74) is 2.21. The number of nitrogens with zero attached hydrogens (tertiary/aromatic N) is 1. The Morgan fingerprint density at radius 2 is 2.44 bits per heavy atom. The van der Waals surface area contributed by atoms with Crippen molar-refractivity contribution in [3.8, 4) is 0 Å². The number of carbonyl (C=O) groups excluding carboxylic acids is 1. The Hall–Kier alpha value is -1.84. The molecule has 1 aromatic rings. The summed E-state index contributed by atoms with van der Waals surface area (Å²) in [6.07, 6.45) is 5.63. The normalized spacial score (nSPS) is 10.4.